The van der Waals surface area contributed by atoms with Crippen LogP contribution in [0.5, 0.6) is 0 Å². The first-order valence-corrected chi connectivity index (χ1v) is 6.33. The molecular formula is C13H21N3O. The largest absolute Gasteiger partial charge is 0.388 e. The fourth-order valence-corrected chi connectivity index (χ4v) is 2.29. The Balaban J connectivity index is 1.89. The molecule has 0 saturated heterocycles. The van der Waals surface area contributed by atoms with Crippen molar-refractivity contribution in [3.8, 4) is 0 Å². The first-order valence-electron chi connectivity index (χ1n) is 6.33. The number of anilines is 1. The van der Waals surface area contributed by atoms with Crippen molar-refractivity contribution < 1.29 is 5.11 Å². The number of nitrogens with zero attached hydrogens (tertiary/aromatic N) is 2. The van der Waals surface area contributed by atoms with Gasteiger partial charge in [0.25, 0.3) is 0 Å². The van der Waals surface area contributed by atoms with Crippen molar-refractivity contribution in [2.24, 2.45) is 5.92 Å². The first-order chi connectivity index (χ1) is 8.07. The summed E-state index contributed by atoms with van der Waals surface area (Å²) in [6.45, 7) is 4.69. The SMILES string of the molecule is Cc1nccc(NCC2(O)CCC(C)CC2)n1. The van der Waals surface area contributed by atoms with Gasteiger partial charge in [0.1, 0.15) is 11.6 Å². The number of rotatable bonds is 3. The number of nitrogens with one attached hydrogen (secondary N) is 1. The summed E-state index contributed by atoms with van der Waals surface area (Å²) in [5, 5.41) is 13.6. The summed E-state index contributed by atoms with van der Waals surface area (Å²) in [7, 11) is 0. The van der Waals surface area contributed by atoms with Crippen LogP contribution in [0.4, 0.5) is 5.82 Å². The summed E-state index contributed by atoms with van der Waals surface area (Å²) < 4.78 is 0. The Hall–Kier alpha value is -1.16. The van der Waals surface area contributed by atoms with Crippen molar-refractivity contribution in [2.45, 2.75) is 45.1 Å². The third-order valence-electron chi connectivity index (χ3n) is 3.58. The van der Waals surface area contributed by atoms with Crippen LogP contribution in [0.15, 0.2) is 12.3 Å². The fraction of sp³-hybridized carbons (Fsp3) is 0.692. The maximum absolute atomic E-state index is 10.4. The molecule has 0 amide bonds. The van der Waals surface area contributed by atoms with E-state index in [1.54, 1.807) is 6.20 Å². The van der Waals surface area contributed by atoms with E-state index in [-0.39, 0.29) is 0 Å². The lowest BCUT2D eigenvalue weighted by molar-refractivity contribution is 0.00494. The molecule has 1 aliphatic rings. The Labute approximate surface area is 102 Å². The van der Waals surface area contributed by atoms with Gasteiger partial charge in [-0.15, -0.1) is 0 Å². The molecule has 0 radical (unpaired) electrons. The van der Waals surface area contributed by atoms with Crippen molar-refractivity contribution in [3.05, 3.63) is 18.1 Å². The van der Waals surface area contributed by atoms with Gasteiger partial charge in [-0.25, -0.2) is 9.97 Å². The molecule has 1 heterocycles. The summed E-state index contributed by atoms with van der Waals surface area (Å²) in [5.41, 5.74) is -0.564. The van der Waals surface area contributed by atoms with Gasteiger partial charge >= 0.3 is 0 Å². The molecule has 0 unspecified atom stereocenters. The van der Waals surface area contributed by atoms with Crippen molar-refractivity contribution in [1.82, 2.24) is 9.97 Å². The molecule has 2 N–H and O–H groups in total. The van der Waals surface area contributed by atoms with Crippen LogP contribution in [0.25, 0.3) is 0 Å². The second-order valence-electron chi connectivity index (χ2n) is 5.25. The maximum atomic E-state index is 10.4. The lowest BCUT2D eigenvalue weighted by Crippen LogP contribution is -2.40. The van der Waals surface area contributed by atoms with Gasteiger partial charge in [0, 0.05) is 12.7 Å². The third kappa shape index (κ3) is 3.40. The molecule has 1 saturated carbocycles. The topological polar surface area (TPSA) is 58.0 Å². The molecule has 17 heavy (non-hydrogen) atoms. The van der Waals surface area contributed by atoms with E-state index >= 15 is 0 Å². The van der Waals surface area contributed by atoms with Crippen LogP contribution in [0.2, 0.25) is 0 Å². The van der Waals surface area contributed by atoms with Crippen LogP contribution >= 0.6 is 0 Å². The number of hydrogen-bond donors (Lipinski definition) is 2. The molecule has 1 aromatic heterocycles. The highest BCUT2D eigenvalue weighted by atomic mass is 16.3. The monoisotopic (exact) mass is 235 g/mol. The second-order valence-corrected chi connectivity index (χ2v) is 5.25. The molecule has 1 aliphatic carbocycles. The normalized spacial score (nSPS) is 29.0. The van der Waals surface area contributed by atoms with Gasteiger partial charge < -0.3 is 10.4 Å². The summed E-state index contributed by atoms with van der Waals surface area (Å²) >= 11 is 0. The standard InChI is InChI=1S/C13H21N3O/c1-10-3-6-13(17,7-4-10)9-15-12-5-8-14-11(2)16-12/h5,8,10,17H,3-4,6-7,9H2,1-2H3,(H,14,15,16). The van der Waals surface area contributed by atoms with Gasteiger partial charge in [-0.1, -0.05) is 6.92 Å². The molecule has 1 aromatic rings. The lowest BCUT2D eigenvalue weighted by Gasteiger charge is -2.35. The highest BCUT2D eigenvalue weighted by molar-refractivity contribution is 5.33. The van der Waals surface area contributed by atoms with Crippen LogP contribution in [0, 0.1) is 12.8 Å². The number of hydrogen-bond acceptors (Lipinski definition) is 4. The molecule has 94 valence electrons. The van der Waals surface area contributed by atoms with E-state index in [1.807, 2.05) is 13.0 Å². The summed E-state index contributed by atoms with van der Waals surface area (Å²) in [5.74, 6) is 2.29. The van der Waals surface area contributed by atoms with Crippen LogP contribution in [-0.2, 0) is 0 Å². The average molecular weight is 235 g/mol. The van der Waals surface area contributed by atoms with Gasteiger partial charge in [-0.05, 0) is 44.6 Å². The van der Waals surface area contributed by atoms with Gasteiger partial charge in [0.2, 0.25) is 0 Å². The van der Waals surface area contributed by atoms with E-state index in [0.717, 1.165) is 43.2 Å². The highest BCUT2D eigenvalue weighted by Gasteiger charge is 2.31. The van der Waals surface area contributed by atoms with E-state index in [1.165, 1.54) is 0 Å². The molecular weight excluding hydrogens is 214 g/mol. The van der Waals surface area contributed by atoms with Crippen molar-refractivity contribution in [3.63, 3.8) is 0 Å². The Morgan fingerprint density at radius 2 is 2.18 bits per heavy atom. The molecule has 4 heteroatoms. The molecule has 0 atom stereocenters. The number of aryl methyl sites for hydroxylation is 1. The van der Waals surface area contributed by atoms with Gasteiger partial charge in [0.05, 0.1) is 5.60 Å². The van der Waals surface area contributed by atoms with Crippen LogP contribution in [-0.4, -0.2) is 27.2 Å². The van der Waals surface area contributed by atoms with E-state index < -0.39 is 5.60 Å². The highest BCUT2D eigenvalue weighted by Crippen LogP contribution is 2.31. The zero-order valence-corrected chi connectivity index (χ0v) is 10.6. The van der Waals surface area contributed by atoms with Crippen molar-refractivity contribution >= 4 is 5.82 Å². The van der Waals surface area contributed by atoms with E-state index in [0.29, 0.717) is 6.54 Å². The number of aromatic nitrogens is 2. The lowest BCUT2D eigenvalue weighted by atomic mass is 9.79. The maximum Gasteiger partial charge on any atom is 0.129 e. The van der Waals surface area contributed by atoms with Gasteiger partial charge in [-0.3, -0.25) is 0 Å². The zero-order chi connectivity index (χ0) is 12.3. The third-order valence-corrected chi connectivity index (χ3v) is 3.58. The van der Waals surface area contributed by atoms with Gasteiger partial charge in [0.15, 0.2) is 0 Å². The van der Waals surface area contributed by atoms with E-state index in [2.05, 4.69) is 22.2 Å². The summed E-state index contributed by atoms with van der Waals surface area (Å²) in [6, 6.07) is 1.84. The average Bonchev–Trinajstić information content (AvgIpc) is 2.31. The fourth-order valence-electron chi connectivity index (χ4n) is 2.29. The molecule has 0 aliphatic heterocycles. The van der Waals surface area contributed by atoms with Crippen LogP contribution < -0.4 is 5.32 Å². The molecule has 0 spiro atoms. The number of aliphatic hydroxyl groups is 1. The minimum absolute atomic E-state index is 0.564. The quantitative estimate of drug-likeness (QED) is 0.842. The second kappa shape index (κ2) is 5.00. The predicted molar refractivity (Wildman–Crippen MR) is 67.8 cm³/mol. The smallest absolute Gasteiger partial charge is 0.129 e. The predicted octanol–water partition coefficient (Wildman–Crippen LogP) is 2.14. The van der Waals surface area contributed by atoms with Crippen molar-refractivity contribution in [2.75, 3.05) is 11.9 Å². The summed E-state index contributed by atoms with van der Waals surface area (Å²) in [4.78, 5) is 8.32. The Kier molecular flexibility index (Phi) is 3.62. The zero-order valence-electron chi connectivity index (χ0n) is 10.6. The molecule has 0 aromatic carbocycles. The Bertz CT molecular complexity index is 373. The summed E-state index contributed by atoms with van der Waals surface area (Å²) in [6.07, 6.45) is 5.72. The molecule has 0 bridgehead atoms. The molecule has 1 fully saturated rings. The first kappa shape index (κ1) is 12.3. The van der Waals surface area contributed by atoms with Crippen LogP contribution in [0.3, 0.4) is 0 Å². The van der Waals surface area contributed by atoms with E-state index in [4.69, 9.17) is 0 Å². The molecule has 2 rings (SSSR count). The molecule has 4 nitrogen and oxygen atoms in total. The van der Waals surface area contributed by atoms with Gasteiger partial charge in [-0.2, -0.15) is 0 Å². The van der Waals surface area contributed by atoms with Crippen LogP contribution in [0.1, 0.15) is 38.4 Å². The Morgan fingerprint density at radius 1 is 1.47 bits per heavy atom. The minimum Gasteiger partial charge on any atom is -0.388 e. The minimum atomic E-state index is -0.564. The Morgan fingerprint density at radius 3 is 2.82 bits per heavy atom. The van der Waals surface area contributed by atoms with E-state index in [9.17, 15) is 5.11 Å². The van der Waals surface area contributed by atoms with Crippen molar-refractivity contribution in [1.29, 1.82) is 0 Å².